The lowest BCUT2D eigenvalue weighted by Crippen LogP contribution is -2.20. The number of benzene rings is 2. The molecule has 0 bridgehead atoms. The predicted molar refractivity (Wildman–Crippen MR) is 87.7 cm³/mol. The molecule has 2 nitrogen and oxygen atoms in total. The van der Waals surface area contributed by atoms with Gasteiger partial charge in [-0.3, -0.25) is 0 Å². The van der Waals surface area contributed by atoms with Gasteiger partial charge in [-0.1, -0.05) is 34.1 Å². The summed E-state index contributed by atoms with van der Waals surface area (Å²) in [5.41, 5.74) is 5.80. The molecule has 110 valence electrons. The van der Waals surface area contributed by atoms with Gasteiger partial charge < -0.3 is 9.84 Å². The van der Waals surface area contributed by atoms with Crippen molar-refractivity contribution in [3.8, 4) is 5.75 Å². The number of hydrogen-bond donors (Lipinski definition) is 1. The normalized spacial score (nSPS) is 20.8. The molecule has 1 N–H and O–H groups in total. The van der Waals surface area contributed by atoms with Crippen LogP contribution in [-0.4, -0.2) is 5.11 Å². The Kier molecular flexibility index (Phi) is 3.80. The van der Waals surface area contributed by atoms with Gasteiger partial charge >= 0.3 is 0 Å². The molecule has 0 aliphatic carbocycles. The molecular weight excluding hydrogens is 328 g/mol. The molecule has 0 amide bonds. The van der Waals surface area contributed by atoms with E-state index in [0.717, 1.165) is 15.8 Å². The summed E-state index contributed by atoms with van der Waals surface area (Å²) in [6.45, 7) is 6.34. The number of aryl methyl sites for hydroxylation is 3. The summed E-state index contributed by atoms with van der Waals surface area (Å²) in [5.74, 6) is 0.769. The third-order valence-corrected chi connectivity index (χ3v) is 4.76. The van der Waals surface area contributed by atoms with Gasteiger partial charge in [-0.15, -0.1) is 0 Å². The maximum atomic E-state index is 10.4. The van der Waals surface area contributed by atoms with Gasteiger partial charge in [0.25, 0.3) is 0 Å². The number of aliphatic hydroxyl groups excluding tert-OH is 1. The molecule has 0 saturated carbocycles. The lowest BCUT2D eigenvalue weighted by atomic mass is 9.91. The number of fused-ring (bicyclic) bond motifs is 1. The minimum absolute atomic E-state index is 0.0962. The molecule has 1 unspecified atom stereocenters. The summed E-state index contributed by atoms with van der Waals surface area (Å²) in [7, 11) is 0. The molecule has 1 aliphatic heterocycles. The van der Waals surface area contributed by atoms with Gasteiger partial charge in [0.2, 0.25) is 0 Å². The summed E-state index contributed by atoms with van der Waals surface area (Å²) < 4.78 is 7.12. The average molecular weight is 347 g/mol. The highest BCUT2D eigenvalue weighted by Crippen LogP contribution is 2.42. The predicted octanol–water partition coefficient (Wildman–Crippen LogP) is 4.93. The molecule has 0 radical (unpaired) electrons. The van der Waals surface area contributed by atoms with Crippen molar-refractivity contribution in [3.05, 3.63) is 62.6 Å². The second-order valence-corrected chi connectivity index (χ2v) is 6.75. The van der Waals surface area contributed by atoms with E-state index >= 15 is 0 Å². The van der Waals surface area contributed by atoms with Gasteiger partial charge in [-0.25, -0.2) is 0 Å². The molecule has 21 heavy (non-hydrogen) atoms. The molecule has 0 saturated heterocycles. The van der Waals surface area contributed by atoms with Gasteiger partial charge in [0.1, 0.15) is 11.9 Å². The Morgan fingerprint density at radius 1 is 1.00 bits per heavy atom. The highest BCUT2D eigenvalue weighted by molar-refractivity contribution is 9.10. The van der Waals surface area contributed by atoms with E-state index in [9.17, 15) is 5.11 Å². The third kappa shape index (κ3) is 2.72. The van der Waals surface area contributed by atoms with Crippen molar-refractivity contribution in [2.24, 2.45) is 0 Å². The molecular formula is C18H19BrO2. The third-order valence-electron chi connectivity index (χ3n) is 4.27. The molecule has 2 atom stereocenters. The van der Waals surface area contributed by atoms with Crippen LogP contribution in [0.4, 0.5) is 0 Å². The number of rotatable bonds is 1. The Bertz CT molecular complexity index is 694. The standard InChI is InChI=1S/C18H19BrO2/c1-10-6-12(3)15(7-11(10)2)18-9-16(20)14-5-4-13(19)8-17(14)21-18/h4-8,16,18,20H,9H2,1-3H3/t16-,18?/m1/s1. The Hall–Kier alpha value is -1.32. The van der Waals surface area contributed by atoms with Gasteiger partial charge in [0, 0.05) is 16.5 Å². The first-order valence-electron chi connectivity index (χ1n) is 7.17. The van der Waals surface area contributed by atoms with Crippen LogP contribution in [-0.2, 0) is 0 Å². The fraction of sp³-hybridized carbons (Fsp3) is 0.333. The Morgan fingerprint density at radius 3 is 2.48 bits per heavy atom. The number of ether oxygens (including phenoxy) is 1. The van der Waals surface area contributed by atoms with Crippen molar-refractivity contribution >= 4 is 15.9 Å². The zero-order valence-electron chi connectivity index (χ0n) is 12.5. The first-order valence-corrected chi connectivity index (χ1v) is 7.97. The van der Waals surface area contributed by atoms with Gasteiger partial charge in [0.15, 0.2) is 0 Å². The van der Waals surface area contributed by atoms with E-state index in [2.05, 4.69) is 48.8 Å². The van der Waals surface area contributed by atoms with Crippen molar-refractivity contribution in [2.45, 2.75) is 39.4 Å². The first-order chi connectivity index (χ1) is 9.95. The summed E-state index contributed by atoms with van der Waals surface area (Å²) in [5, 5.41) is 10.4. The highest BCUT2D eigenvalue weighted by atomic mass is 79.9. The quantitative estimate of drug-likeness (QED) is 0.792. The second-order valence-electron chi connectivity index (χ2n) is 5.83. The minimum Gasteiger partial charge on any atom is -0.485 e. The molecule has 2 aromatic rings. The van der Waals surface area contributed by atoms with Crippen LogP contribution in [0.1, 0.15) is 46.4 Å². The highest BCUT2D eigenvalue weighted by Gasteiger charge is 2.29. The Balaban J connectivity index is 2.01. The van der Waals surface area contributed by atoms with Crippen molar-refractivity contribution in [2.75, 3.05) is 0 Å². The van der Waals surface area contributed by atoms with Crippen LogP contribution >= 0.6 is 15.9 Å². The van der Waals surface area contributed by atoms with E-state index in [1.54, 1.807) is 0 Å². The molecule has 0 spiro atoms. The van der Waals surface area contributed by atoms with Crippen LogP contribution in [0, 0.1) is 20.8 Å². The van der Waals surface area contributed by atoms with E-state index in [1.807, 2.05) is 18.2 Å². The largest absolute Gasteiger partial charge is 0.485 e. The maximum absolute atomic E-state index is 10.4. The zero-order chi connectivity index (χ0) is 15.1. The van der Waals surface area contributed by atoms with Crippen LogP contribution in [0.15, 0.2) is 34.8 Å². The van der Waals surface area contributed by atoms with E-state index in [1.165, 1.54) is 22.3 Å². The first kappa shape index (κ1) is 14.6. The van der Waals surface area contributed by atoms with E-state index < -0.39 is 6.10 Å². The number of hydrogen-bond acceptors (Lipinski definition) is 2. The van der Waals surface area contributed by atoms with E-state index in [-0.39, 0.29) is 6.10 Å². The minimum atomic E-state index is -0.479. The second kappa shape index (κ2) is 5.47. The van der Waals surface area contributed by atoms with Crippen LogP contribution in [0.5, 0.6) is 5.75 Å². The summed E-state index contributed by atoms with van der Waals surface area (Å²) in [6, 6.07) is 10.2. The zero-order valence-corrected chi connectivity index (χ0v) is 14.1. The molecule has 1 heterocycles. The van der Waals surface area contributed by atoms with Crippen LogP contribution < -0.4 is 4.74 Å². The van der Waals surface area contributed by atoms with E-state index in [0.29, 0.717) is 6.42 Å². The maximum Gasteiger partial charge on any atom is 0.127 e. The SMILES string of the molecule is Cc1cc(C)c(C2C[C@@H](O)c3ccc(Br)cc3O2)cc1C. The fourth-order valence-electron chi connectivity index (χ4n) is 2.94. The van der Waals surface area contributed by atoms with Crippen LogP contribution in [0.25, 0.3) is 0 Å². The summed E-state index contributed by atoms with van der Waals surface area (Å²) in [6.07, 6.45) is 0.0202. The van der Waals surface area contributed by atoms with Gasteiger partial charge in [-0.05, 0) is 55.2 Å². The van der Waals surface area contributed by atoms with Crippen molar-refractivity contribution in [3.63, 3.8) is 0 Å². The molecule has 1 aliphatic rings. The van der Waals surface area contributed by atoms with Crippen molar-refractivity contribution in [1.29, 1.82) is 0 Å². The Labute approximate surface area is 133 Å². The topological polar surface area (TPSA) is 29.5 Å². The molecule has 3 heteroatoms. The van der Waals surface area contributed by atoms with E-state index in [4.69, 9.17) is 4.74 Å². The average Bonchev–Trinajstić information content (AvgIpc) is 2.42. The number of halogens is 1. The smallest absolute Gasteiger partial charge is 0.127 e. The van der Waals surface area contributed by atoms with Crippen molar-refractivity contribution < 1.29 is 9.84 Å². The summed E-state index contributed by atoms with van der Waals surface area (Å²) in [4.78, 5) is 0. The lowest BCUT2D eigenvalue weighted by molar-refractivity contribution is 0.0653. The Morgan fingerprint density at radius 2 is 1.71 bits per heavy atom. The lowest BCUT2D eigenvalue weighted by Gasteiger charge is -2.31. The van der Waals surface area contributed by atoms with Crippen LogP contribution in [0.3, 0.4) is 0 Å². The fourth-order valence-corrected chi connectivity index (χ4v) is 3.28. The molecule has 2 aromatic carbocycles. The molecule has 0 fully saturated rings. The van der Waals surface area contributed by atoms with Crippen molar-refractivity contribution in [1.82, 2.24) is 0 Å². The van der Waals surface area contributed by atoms with Gasteiger partial charge in [-0.2, -0.15) is 0 Å². The van der Waals surface area contributed by atoms with Gasteiger partial charge in [0.05, 0.1) is 6.10 Å². The summed E-state index contributed by atoms with van der Waals surface area (Å²) >= 11 is 3.46. The van der Waals surface area contributed by atoms with Crippen LogP contribution in [0.2, 0.25) is 0 Å². The monoisotopic (exact) mass is 346 g/mol. The molecule has 0 aromatic heterocycles. The molecule has 3 rings (SSSR count). The number of aliphatic hydroxyl groups is 1.